The summed E-state index contributed by atoms with van der Waals surface area (Å²) in [6.45, 7) is 3.83. The van der Waals surface area contributed by atoms with Crippen LogP contribution in [-0.2, 0) is 22.4 Å². The zero-order valence-corrected chi connectivity index (χ0v) is 12.0. The third-order valence-corrected chi connectivity index (χ3v) is 4.59. The number of nitrogens with zero attached hydrogens (tertiary/aromatic N) is 1. The summed E-state index contributed by atoms with van der Waals surface area (Å²) in [6, 6.07) is 8.37. The van der Waals surface area contributed by atoms with Gasteiger partial charge < -0.3 is 10.1 Å². The molecule has 1 heterocycles. The molecule has 2 aliphatic rings. The largest absolute Gasteiger partial charge is 0.468 e. The topological polar surface area (TPSA) is 41.6 Å². The molecule has 1 aliphatic carbocycles. The van der Waals surface area contributed by atoms with E-state index in [-0.39, 0.29) is 5.97 Å². The van der Waals surface area contributed by atoms with Gasteiger partial charge in [-0.25, -0.2) is 0 Å². The van der Waals surface area contributed by atoms with E-state index in [4.69, 9.17) is 4.74 Å². The highest BCUT2D eigenvalue weighted by molar-refractivity contribution is 5.83. The van der Waals surface area contributed by atoms with Crippen LogP contribution >= 0.6 is 0 Å². The van der Waals surface area contributed by atoms with Gasteiger partial charge in [0.2, 0.25) is 0 Å². The van der Waals surface area contributed by atoms with Gasteiger partial charge in [0, 0.05) is 32.5 Å². The van der Waals surface area contributed by atoms with Crippen LogP contribution in [0.1, 0.15) is 17.5 Å². The summed E-state index contributed by atoms with van der Waals surface area (Å²) < 4.78 is 5.16. The molecule has 1 aromatic rings. The number of ether oxygens (including phenoxy) is 1. The molecule has 1 saturated heterocycles. The summed E-state index contributed by atoms with van der Waals surface area (Å²) in [5, 5.41) is 3.40. The lowest BCUT2D eigenvalue weighted by molar-refractivity contribution is -0.155. The van der Waals surface area contributed by atoms with Crippen LogP contribution in [-0.4, -0.2) is 49.7 Å². The smallest absolute Gasteiger partial charge is 0.326 e. The lowest BCUT2D eigenvalue weighted by Gasteiger charge is -2.38. The van der Waals surface area contributed by atoms with Gasteiger partial charge in [-0.3, -0.25) is 9.69 Å². The number of hydrogen-bond donors (Lipinski definition) is 1. The summed E-state index contributed by atoms with van der Waals surface area (Å²) >= 11 is 0. The molecule has 0 aromatic heterocycles. The molecule has 20 heavy (non-hydrogen) atoms. The average molecular weight is 274 g/mol. The molecule has 0 radical (unpaired) electrons. The van der Waals surface area contributed by atoms with Crippen LogP contribution in [0.5, 0.6) is 0 Å². The Morgan fingerprint density at radius 1 is 1.20 bits per heavy atom. The van der Waals surface area contributed by atoms with Gasteiger partial charge >= 0.3 is 5.97 Å². The van der Waals surface area contributed by atoms with Crippen LogP contribution in [0.3, 0.4) is 0 Å². The Kier molecular flexibility index (Phi) is 3.76. The standard InChI is InChI=1S/C16H22N2O2/c1-20-15(19)16(18-9-4-7-17-8-10-18)11-13-5-2-3-6-14(13)12-16/h2-3,5-6,17H,4,7-12H2,1H3. The van der Waals surface area contributed by atoms with Crippen LogP contribution in [0.15, 0.2) is 24.3 Å². The molecule has 1 aromatic carbocycles. The minimum atomic E-state index is -0.496. The summed E-state index contributed by atoms with van der Waals surface area (Å²) in [6.07, 6.45) is 2.63. The van der Waals surface area contributed by atoms with E-state index in [0.717, 1.165) is 45.4 Å². The van der Waals surface area contributed by atoms with E-state index in [2.05, 4.69) is 34.5 Å². The average Bonchev–Trinajstić information content (AvgIpc) is 2.67. The van der Waals surface area contributed by atoms with Crippen LogP contribution in [0.4, 0.5) is 0 Å². The van der Waals surface area contributed by atoms with Crippen LogP contribution < -0.4 is 5.32 Å². The molecule has 1 N–H and O–H groups in total. The van der Waals surface area contributed by atoms with Crippen LogP contribution in [0.25, 0.3) is 0 Å². The van der Waals surface area contributed by atoms with Crippen molar-refractivity contribution in [1.82, 2.24) is 10.2 Å². The third-order valence-electron chi connectivity index (χ3n) is 4.59. The zero-order chi connectivity index (χ0) is 14.0. The minimum absolute atomic E-state index is 0.0874. The Bertz CT molecular complexity index is 468. The van der Waals surface area contributed by atoms with E-state index in [9.17, 15) is 4.79 Å². The number of carbonyl (C=O) groups is 1. The molecule has 0 amide bonds. The van der Waals surface area contributed by atoms with Crippen molar-refractivity contribution >= 4 is 5.97 Å². The third kappa shape index (κ3) is 2.23. The second-order valence-corrected chi connectivity index (χ2v) is 5.74. The van der Waals surface area contributed by atoms with Gasteiger partial charge in [-0.15, -0.1) is 0 Å². The highest BCUT2D eigenvalue weighted by Crippen LogP contribution is 2.36. The predicted octanol–water partition coefficient (Wildman–Crippen LogP) is 0.992. The van der Waals surface area contributed by atoms with E-state index in [1.165, 1.54) is 18.2 Å². The summed E-state index contributed by atoms with van der Waals surface area (Å²) in [4.78, 5) is 14.9. The highest BCUT2D eigenvalue weighted by Gasteiger charge is 2.49. The Morgan fingerprint density at radius 3 is 2.55 bits per heavy atom. The highest BCUT2D eigenvalue weighted by atomic mass is 16.5. The number of rotatable bonds is 2. The van der Waals surface area contributed by atoms with Crippen molar-refractivity contribution in [2.45, 2.75) is 24.8 Å². The first kappa shape index (κ1) is 13.6. The van der Waals surface area contributed by atoms with Crippen molar-refractivity contribution in [2.24, 2.45) is 0 Å². The maximum Gasteiger partial charge on any atom is 0.326 e. The van der Waals surface area contributed by atoms with Gasteiger partial charge in [0.15, 0.2) is 0 Å². The van der Waals surface area contributed by atoms with Crippen LogP contribution in [0.2, 0.25) is 0 Å². The van der Waals surface area contributed by atoms with Crippen molar-refractivity contribution in [3.05, 3.63) is 35.4 Å². The molecule has 4 heteroatoms. The van der Waals surface area contributed by atoms with Crippen molar-refractivity contribution in [3.63, 3.8) is 0 Å². The van der Waals surface area contributed by atoms with E-state index in [0.29, 0.717) is 0 Å². The Hall–Kier alpha value is -1.39. The first-order valence-corrected chi connectivity index (χ1v) is 7.37. The summed E-state index contributed by atoms with van der Waals surface area (Å²) in [7, 11) is 1.50. The molecule has 0 spiro atoms. The second kappa shape index (κ2) is 5.54. The number of carbonyl (C=O) groups excluding carboxylic acids is 1. The first-order valence-electron chi connectivity index (χ1n) is 7.37. The number of hydrogen-bond acceptors (Lipinski definition) is 4. The van der Waals surface area contributed by atoms with Gasteiger partial charge in [-0.05, 0) is 24.1 Å². The van der Waals surface area contributed by atoms with Gasteiger partial charge in [0.25, 0.3) is 0 Å². The van der Waals surface area contributed by atoms with E-state index in [1.54, 1.807) is 0 Å². The monoisotopic (exact) mass is 274 g/mol. The van der Waals surface area contributed by atoms with Gasteiger partial charge in [0.1, 0.15) is 5.54 Å². The molecule has 1 fully saturated rings. The minimum Gasteiger partial charge on any atom is -0.468 e. The van der Waals surface area contributed by atoms with Crippen molar-refractivity contribution in [1.29, 1.82) is 0 Å². The van der Waals surface area contributed by atoms with Gasteiger partial charge in [-0.1, -0.05) is 24.3 Å². The molecule has 1 aliphatic heterocycles. The first-order chi connectivity index (χ1) is 9.76. The summed E-state index contributed by atoms with van der Waals surface area (Å²) in [5.41, 5.74) is 2.08. The molecule has 0 saturated carbocycles. The maximum atomic E-state index is 12.5. The number of methoxy groups -OCH3 is 1. The number of nitrogens with one attached hydrogen (secondary N) is 1. The molecular weight excluding hydrogens is 252 g/mol. The Balaban J connectivity index is 1.93. The Labute approximate surface area is 120 Å². The fourth-order valence-electron chi connectivity index (χ4n) is 3.56. The predicted molar refractivity (Wildman–Crippen MR) is 77.7 cm³/mol. The Morgan fingerprint density at radius 2 is 1.90 bits per heavy atom. The quantitative estimate of drug-likeness (QED) is 0.817. The summed E-state index contributed by atoms with van der Waals surface area (Å²) in [5.74, 6) is -0.0874. The lowest BCUT2D eigenvalue weighted by atomic mass is 9.92. The van der Waals surface area contributed by atoms with Gasteiger partial charge in [-0.2, -0.15) is 0 Å². The second-order valence-electron chi connectivity index (χ2n) is 5.74. The van der Waals surface area contributed by atoms with Crippen molar-refractivity contribution < 1.29 is 9.53 Å². The molecule has 0 atom stereocenters. The van der Waals surface area contributed by atoms with Crippen molar-refractivity contribution in [3.8, 4) is 0 Å². The molecular formula is C16H22N2O2. The lowest BCUT2D eigenvalue weighted by Crippen LogP contribution is -2.57. The molecule has 4 nitrogen and oxygen atoms in total. The zero-order valence-electron chi connectivity index (χ0n) is 12.0. The van der Waals surface area contributed by atoms with Crippen LogP contribution in [0, 0.1) is 0 Å². The number of benzene rings is 1. The number of fused-ring (bicyclic) bond motifs is 1. The SMILES string of the molecule is COC(=O)C1(N2CCCNCC2)Cc2ccccc2C1. The molecule has 0 bridgehead atoms. The van der Waals surface area contributed by atoms with E-state index < -0.39 is 5.54 Å². The molecule has 3 rings (SSSR count). The van der Waals surface area contributed by atoms with E-state index in [1.807, 2.05) is 0 Å². The molecule has 108 valence electrons. The van der Waals surface area contributed by atoms with Crippen molar-refractivity contribution in [2.75, 3.05) is 33.3 Å². The normalized spacial score (nSPS) is 22.1. The van der Waals surface area contributed by atoms with Gasteiger partial charge in [0.05, 0.1) is 7.11 Å². The van der Waals surface area contributed by atoms with E-state index >= 15 is 0 Å². The fraction of sp³-hybridized carbons (Fsp3) is 0.562. The fourth-order valence-corrected chi connectivity index (χ4v) is 3.56. The number of esters is 1. The maximum absolute atomic E-state index is 12.5. The molecule has 0 unspecified atom stereocenters.